The highest BCUT2D eigenvalue weighted by Crippen LogP contribution is 2.43. The summed E-state index contributed by atoms with van der Waals surface area (Å²) in [5.41, 5.74) is 8.55. The van der Waals surface area contributed by atoms with Crippen molar-refractivity contribution in [3.05, 3.63) is 118 Å². The van der Waals surface area contributed by atoms with E-state index in [2.05, 4.69) is 77.1 Å². The predicted molar refractivity (Wildman–Crippen MR) is 189 cm³/mol. The minimum absolute atomic E-state index is 0.000287. The third-order valence-electron chi connectivity index (χ3n) is 9.65. The Morgan fingerprint density at radius 2 is 1.59 bits per heavy atom. The lowest BCUT2D eigenvalue weighted by Gasteiger charge is -2.43. The van der Waals surface area contributed by atoms with Crippen LogP contribution in [0.2, 0.25) is 0 Å². The molecule has 1 fully saturated rings. The van der Waals surface area contributed by atoms with Gasteiger partial charge in [0.05, 0.1) is 33.0 Å². The highest BCUT2D eigenvalue weighted by molar-refractivity contribution is 5.74. The van der Waals surface area contributed by atoms with Crippen molar-refractivity contribution in [3.63, 3.8) is 0 Å². The Morgan fingerprint density at radius 3 is 2.29 bits per heavy atom. The standard InChI is InChI=1S/C40H47N3O6/c1-5-41-40(45)42-22-32-8-6-7-9-34(32)28-14-16-30(17-15-28)39-48-37(26(2)38(49-39)29-12-10-27(25-44)11-13-29)24-43-19-18-31-20-35(46-3)36(47-4)21-33(31)23-43/h6-17,20-21,26,37-39,44H,5,18-19,22-25H2,1-4H3,(H2,41,42,45). The van der Waals surface area contributed by atoms with Crippen LogP contribution in [-0.2, 0) is 35.6 Å². The van der Waals surface area contributed by atoms with Gasteiger partial charge in [-0.05, 0) is 64.4 Å². The van der Waals surface area contributed by atoms with Crippen molar-refractivity contribution in [1.82, 2.24) is 15.5 Å². The maximum absolute atomic E-state index is 12.1. The number of nitrogens with one attached hydrogen (secondary N) is 2. The third-order valence-corrected chi connectivity index (χ3v) is 9.65. The molecule has 49 heavy (non-hydrogen) atoms. The number of hydrogen-bond donors (Lipinski definition) is 3. The molecule has 2 aliphatic rings. The highest BCUT2D eigenvalue weighted by Gasteiger charge is 2.39. The number of benzene rings is 4. The smallest absolute Gasteiger partial charge is 0.315 e. The van der Waals surface area contributed by atoms with Crippen LogP contribution in [0, 0.1) is 5.92 Å². The lowest BCUT2D eigenvalue weighted by Crippen LogP contribution is -2.45. The topological polar surface area (TPSA) is 102 Å². The van der Waals surface area contributed by atoms with Gasteiger partial charge in [-0.25, -0.2) is 4.79 Å². The van der Waals surface area contributed by atoms with Gasteiger partial charge in [0, 0.05) is 44.2 Å². The molecule has 1 saturated heterocycles. The zero-order valence-corrected chi connectivity index (χ0v) is 28.8. The van der Waals surface area contributed by atoms with Gasteiger partial charge >= 0.3 is 6.03 Å². The molecule has 0 bridgehead atoms. The van der Waals surface area contributed by atoms with Crippen molar-refractivity contribution in [3.8, 4) is 22.6 Å². The van der Waals surface area contributed by atoms with Crippen LogP contribution in [0.5, 0.6) is 11.5 Å². The quantitative estimate of drug-likeness (QED) is 0.168. The maximum atomic E-state index is 12.1. The number of carbonyl (C=O) groups excluding carboxylic acids is 1. The van der Waals surface area contributed by atoms with E-state index in [4.69, 9.17) is 18.9 Å². The van der Waals surface area contributed by atoms with E-state index in [0.29, 0.717) is 13.1 Å². The molecule has 0 aromatic heterocycles. The molecule has 2 amide bonds. The molecule has 0 spiro atoms. The molecule has 4 unspecified atom stereocenters. The van der Waals surface area contributed by atoms with Gasteiger partial charge in [0.15, 0.2) is 17.8 Å². The number of fused-ring (bicyclic) bond motifs is 1. The number of rotatable bonds is 11. The predicted octanol–water partition coefficient (Wildman–Crippen LogP) is 6.53. The summed E-state index contributed by atoms with van der Waals surface area (Å²) in [7, 11) is 3.35. The number of carbonyl (C=O) groups is 1. The molecule has 4 atom stereocenters. The first-order valence-electron chi connectivity index (χ1n) is 17.1. The lowest BCUT2D eigenvalue weighted by atomic mass is 9.89. The fourth-order valence-electron chi connectivity index (χ4n) is 6.85. The number of amides is 2. The van der Waals surface area contributed by atoms with Crippen molar-refractivity contribution in [2.24, 2.45) is 5.92 Å². The van der Waals surface area contributed by atoms with Gasteiger partial charge in [-0.3, -0.25) is 4.90 Å². The Labute approximate surface area is 289 Å². The Bertz CT molecular complexity index is 1710. The number of ether oxygens (including phenoxy) is 4. The Kier molecular flexibility index (Phi) is 11.2. The van der Waals surface area contributed by atoms with Crippen LogP contribution in [0.25, 0.3) is 11.1 Å². The zero-order valence-electron chi connectivity index (χ0n) is 28.8. The second kappa shape index (κ2) is 15.9. The first-order valence-corrected chi connectivity index (χ1v) is 17.1. The minimum Gasteiger partial charge on any atom is -0.493 e. The summed E-state index contributed by atoms with van der Waals surface area (Å²) in [5.74, 6) is 1.58. The molecule has 258 valence electrons. The van der Waals surface area contributed by atoms with Crippen molar-refractivity contribution < 1.29 is 28.8 Å². The normalized spacial score (nSPS) is 20.7. The van der Waals surface area contributed by atoms with E-state index in [9.17, 15) is 9.90 Å². The van der Waals surface area contributed by atoms with Crippen LogP contribution in [0.15, 0.2) is 84.9 Å². The van der Waals surface area contributed by atoms with E-state index in [1.807, 2.05) is 37.3 Å². The number of urea groups is 1. The van der Waals surface area contributed by atoms with Crippen molar-refractivity contribution >= 4 is 6.03 Å². The van der Waals surface area contributed by atoms with E-state index in [1.54, 1.807) is 14.2 Å². The number of hydrogen-bond acceptors (Lipinski definition) is 7. The molecular formula is C40H47N3O6. The van der Waals surface area contributed by atoms with E-state index < -0.39 is 6.29 Å². The van der Waals surface area contributed by atoms with Gasteiger partial charge in [0.2, 0.25) is 0 Å². The maximum Gasteiger partial charge on any atom is 0.315 e. The first-order chi connectivity index (χ1) is 23.9. The summed E-state index contributed by atoms with van der Waals surface area (Å²) in [4.78, 5) is 14.5. The lowest BCUT2D eigenvalue weighted by molar-refractivity contribution is -0.276. The van der Waals surface area contributed by atoms with Gasteiger partial charge in [-0.2, -0.15) is 0 Å². The highest BCUT2D eigenvalue weighted by atomic mass is 16.7. The molecule has 0 saturated carbocycles. The molecule has 3 N–H and O–H groups in total. The molecule has 9 heteroatoms. The van der Waals surface area contributed by atoms with Crippen molar-refractivity contribution in [2.45, 2.75) is 58.5 Å². The van der Waals surface area contributed by atoms with Crippen LogP contribution in [0.1, 0.15) is 59.6 Å². The van der Waals surface area contributed by atoms with E-state index in [1.165, 1.54) is 11.1 Å². The molecular weight excluding hydrogens is 618 g/mol. The van der Waals surface area contributed by atoms with Crippen molar-refractivity contribution in [1.29, 1.82) is 0 Å². The monoisotopic (exact) mass is 665 g/mol. The van der Waals surface area contributed by atoms with Crippen LogP contribution in [0.3, 0.4) is 0 Å². The largest absolute Gasteiger partial charge is 0.493 e. The van der Waals surface area contributed by atoms with Gasteiger partial charge < -0.3 is 34.7 Å². The molecule has 6 rings (SSSR count). The van der Waals surface area contributed by atoms with Gasteiger partial charge in [-0.15, -0.1) is 0 Å². The number of aliphatic hydroxyl groups excluding tert-OH is 1. The van der Waals surface area contributed by atoms with Crippen LogP contribution >= 0.6 is 0 Å². The van der Waals surface area contributed by atoms with E-state index in [0.717, 1.165) is 70.9 Å². The van der Waals surface area contributed by atoms with Gasteiger partial charge in [-0.1, -0.05) is 79.7 Å². The minimum atomic E-state index is -0.561. The first kappa shape index (κ1) is 34.5. The second-order valence-corrected chi connectivity index (χ2v) is 12.8. The van der Waals surface area contributed by atoms with Crippen LogP contribution in [0.4, 0.5) is 4.79 Å². The van der Waals surface area contributed by atoms with Crippen LogP contribution in [-0.4, -0.2) is 56.0 Å². The fraction of sp³-hybridized carbons (Fsp3) is 0.375. The summed E-state index contributed by atoms with van der Waals surface area (Å²) >= 11 is 0. The molecule has 2 aliphatic heterocycles. The Hall–Kier alpha value is -4.41. The molecule has 4 aromatic rings. The van der Waals surface area contributed by atoms with E-state index in [-0.39, 0.29) is 30.8 Å². The summed E-state index contributed by atoms with van der Waals surface area (Å²) in [6, 6.07) is 28.5. The molecule has 9 nitrogen and oxygen atoms in total. The average Bonchev–Trinajstić information content (AvgIpc) is 3.14. The summed E-state index contributed by atoms with van der Waals surface area (Å²) in [6.45, 7) is 7.57. The molecule has 2 heterocycles. The SMILES string of the molecule is CCNC(=O)NCc1ccccc1-c1ccc(C2OC(CN3CCc4cc(OC)c(OC)cc4C3)C(C)C(c3ccc(CO)cc3)O2)cc1. The zero-order chi connectivity index (χ0) is 34.3. The van der Waals surface area contributed by atoms with Gasteiger partial charge in [0.1, 0.15) is 0 Å². The summed E-state index contributed by atoms with van der Waals surface area (Å²) in [6.07, 6.45) is 0.0704. The Morgan fingerprint density at radius 1 is 0.898 bits per heavy atom. The number of nitrogens with zero attached hydrogens (tertiary/aromatic N) is 1. The summed E-state index contributed by atoms with van der Waals surface area (Å²) < 4.78 is 24.7. The number of aliphatic hydroxyl groups is 1. The van der Waals surface area contributed by atoms with Crippen molar-refractivity contribution in [2.75, 3.05) is 33.9 Å². The molecule has 4 aromatic carbocycles. The third kappa shape index (κ3) is 7.92. The summed E-state index contributed by atoms with van der Waals surface area (Å²) in [5, 5.41) is 15.4. The molecule has 0 aliphatic carbocycles. The van der Waals surface area contributed by atoms with Gasteiger partial charge in [0.25, 0.3) is 0 Å². The second-order valence-electron chi connectivity index (χ2n) is 12.8. The van der Waals surface area contributed by atoms with Crippen LogP contribution < -0.4 is 20.1 Å². The Balaban J connectivity index is 1.23. The molecule has 0 radical (unpaired) electrons. The van der Waals surface area contributed by atoms with E-state index >= 15 is 0 Å². The number of methoxy groups -OCH3 is 2. The fourth-order valence-corrected chi connectivity index (χ4v) is 6.85. The average molecular weight is 666 g/mol.